The van der Waals surface area contributed by atoms with Gasteiger partial charge in [-0.25, -0.2) is 0 Å². The normalized spacial score (nSPS) is 31.1. The van der Waals surface area contributed by atoms with Gasteiger partial charge in [0.15, 0.2) is 0 Å². The van der Waals surface area contributed by atoms with Crippen LogP contribution in [0.5, 0.6) is 0 Å². The average molecular weight is 322 g/mol. The lowest BCUT2D eigenvalue weighted by molar-refractivity contribution is 0.0552. The van der Waals surface area contributed by atoms with Gasteiger partial charge in [0.2, 0.25) is 0 Å². The largest absolute Gasteiger partial charge is 0.328 e. The highest BCUT2D eigenvalue weighted by atomic mass is 14.7. The number of hydrogen-bond donors (Lipinski definition) is 1. The number of allylic oxidation sites excluding steroid dienone is 1. The third kappa shape index (κ3) is 5.34. The Hall–Kier alpha value is -0.300. The zero-order valence-electron chi connectivity index (χ0n) is 16.6. The SMILES string of the molecule is C=CC1C(C)CC(N)CC1C(CCC)C(CCC)C(CC)CC. The molecule has 0 radical (unpaired) electrons. The van der Waals surface area contributed by atoms with E-state index in [-0.39, 0.29) is 0 Å². The zero-order chi connectivity index (χ0) is 17.4. The second-order valence-electron chi connectivity index (χ2n) is 8.17. The molecule has 2 N–H and O–H groups in total. The highest BCUT2D eigenvalue weighted by molar-refractivity contribution is 4.98. The molecule has 6 atom stereocenters. The highest BCUT2D eigenvalue weighted by Crippen LogP contribution is 2.47. The Morgan fingerprint density at radius 3 is 2.13 bits per heavy atom. The summed E-state index contributed by atoms with van der Waals surface area (Å²) in [5, 5.41) is 0. The van der Waals surface area contributed by atoms with Gasteiger partial charge in [-0.2, -0.15) is 0 Å². The van der Waals surface area contributed by atoms with E-state index < -0.39 is 0 Å². The Morgan fingerprint density at radius 2 is 1.65 bits per heavy atom. The van der Waals surface area contributed by atoms with E-state index >= 15 is 0 Å². The van der Waals surface area contributed by atoms with E-state index in [9.17, 15) is 0 Å². The second-order valence-corrected chi connectivity index (χ2v) is 8.17. The molecule has 0 aromatic rings. The summed E-state index contributed by atoms with van der Waals surface area (Å²) in [6.45, 7) is 16.1. The van der Waals surface area contributed by atoms with Crippen molar-refractivity contribution in [1.82, 2.24) is 0 Å². The van der Waals surface area contributed by atoms with Crippen LogP contribution in [0.4, 0.5) is 0 Å². The lowest BCUT2D eigenvalue weighted by Gasteiger charge is -2.46. The van der Waals surface area contributed by atoms with Gasteiger partial charge in [-0.1, -0.05) is 79.2 Å². The molecule has 1 fully saturated rings. The maximum atomic E-state index is 6.45. The summed E-state index contributed by atoms with van der Waals surface area (Å²) in [6, 6.07) is 0.398. The summed E-state index contributed by atoms with van der Waals surface area (Å²) in [4.78, 5) is 0. The van der Waals surface area contributed by atoms with Crippen molar-refractivity contribution < 1.29 is 0 Å². The minimum Gasteiger partial charge on any atom is -0.328 e. The lowest BCUT2D eigenvalue weighted by atomic mass is 9.60. The maximum absolute atomic E-state index is 6.45. The molecule has 0 saturated heterocycles. The maximum Gasteiger partial charge on any atom is 0.00445 e. The van der Waals surface area contributed by atoms with E-state index in [1.165, 1.54) is 51.4 Å². The topological polar surface area (TPSA) is 26.0 Å². The molecule has 1 aliphatic carbocycles. The van der Waals surface area contributed by atoms with E-state index in [1.54, 1.807) is 0 Å². The van der Waals surface area contributed by atoms with Crippen molar-refractivity contribution in [3.05, 3.63) is 12.7 Å². The Labute approximate surface area is 146 Å². The third-order valence-electron chi connectivity index (χ3n) is 6.67. The Morgan fingerprint density at radius 1 is 1.04 bits per heavy atom. The van der Waals surface area contributed by atoms with Crippen molar-refractivity contribution in [2.24, 2.45) is 41.2 Å². The van der Waals surface area contributed by atoms with Crippen LogP contribution in [0.3, 0.4) is 0 Å². The molecule has 0 spiro atoms. The Kier molecular flexibility index (Phi) is 9.51. The van der Waals surface area contributed by atoms with Crippen molar-refractivity contribution in [2.45, 2.75) is 92.0 Å². The van der Waals surface area contributed by atoms with Crippen LogP contribution in [0.15, 0.2) is 12.7 Å². The quantitative estimate of drug-likeness (QED) is 0.461. The van der Waals surface area contributed by atoms with Gasteiger partial charge in [-0.3, -0.25) is 0 Å². The first-order valence-electron chi connectivity index (χ1n) is 10.4. The van der Waals surface area contributed by atoms with Crippen LogP contribution in [0.2, 0.25) is 0 Å². The molecule has 0 aliphatic heterocycles. The van der Waals surface area contributed by atoms with Gasteiger partial charge >= 0.3 is 0 Å². The number of nitrogens with two attached hydrogens (primary N) is 1. The van der Waals surface area contributed by atoms with Crippen molar-refractivity contribution in [3.8, 4) is 0 Å². The molecule has 1 saturated carbocycles. The Balaban J connectivity index is 3.10. The number of hydrogen-bond acceptors (Lipinski definition) is 1. The minimum absolute atomic E-state index is 0.398. The molecule has 1 nitrogen and oxygen atoms in total. The van der Waals surface area contributed by atoms with Crippen molar-refractivity contribution in [1.29, 1.82) is 0 Å². The van der Waals surface area contributed by atoms with E-state index in [0.29, 0.717) is 17.9 Å². The molecule has 0 aromatic carbocycles. The standard InChI is InChI=1S/C22H43N/c1-7-12-20(17(9-3)10-4)21(13-8-2)22-15-18(23)14-16(6)19(22)11-5/h11,16-22H,5,7-10,12-15,23H2,1-4,6H3. The van der Waals surface area contributed by atoms with Gasteiger partial charge < -0.3 is 5.73 Å². The van der Waals surface area contributed by atoms with Crippen molar-refractivity contribution in [3.63, 3.8) is 0 Å². The van der Waals surface area contributed by atoms with E-state index in [0.717, 1.165) is 23.7 Å². The van der Waals surface area contributed by atoms with Gasteiger partial charge in [-0.15, -0.1) is 6.58 Å². The smallest absolute Gasteiger partial charge is 0.00445 e. The van der Waals surface area contributed by atoms with Crippen LogP contribution < -0.4 is 5.73 Å². The summed E-state index contributed by atoms with van der Waals surface area (Å²) in [7, 11) is 0. The molecule has 0 amide bonds. The first-order chi connectivity index (χ1) is 11.0. The first-order valence-corrected chi connectivity index (χ1v) is 10.4. The van der Waals surface area contributed by atoms with Gasteiger partial charge in [0.1, 0.15) is 0 Å². The van der Waals surface area contributed by atoms with Crippen LogP contribution in [-0.2, 0) is 0 Å². The molecule has 1 rings (SSSR count). The molecule has 0 heterocycles. The minimum atomic E-state index is 0.398. The molecule has 6 unspecified atom stereocenters. The molecule has 0 aromatic heterocycles. The molecular formula is C22H43N. The van der Waals surface area contributed by atoms with E-state index in [2.05, 4.69) is 47.3 Å². The van der Waals surface area contributed by atoms with Gasteiger partial charge in [0, 0.05) is 6.04 Å². The van der Waals surface area contributed by atoms with Crippen LogP contribution in [0, 0.1) is 35.5 Å². The predicted molar refractivity (Wildman–Crippen MR) is 104 cm³/mol. The van der Waals surface area contributed by atoms with E-state index in [1.807, 2.05) is 0 Å². The highest BCUT2D eigenvalue weighted by Gasteiger charge is 2.40. The van der Waals surface area contributed by atoms with Gasteiger partial charge in [-0.05, 0) is 48.3 Å². The monoisotopic (exact) mass is 321 g/mol. The molecule has 136 valence electrons. The average Bonchev–Trinajstić information content (AvgIpc) is 2.52. The zero-order valence-corrected chi connectivity index (χ0v) is 16.6. The van der Waals surface area contributed by atoms with Crippen LogP contribution in [0.1, 0.15) is 86.0 Å². The van der Waals surface area contributed by atoms with Gasteiger partial charge in [0.05, 0.1) is 0 Å². The second kappa shape index (κ2) is 10.5. The molecule has 0 bridgehead atoms. The van der Waals surface area contributed by atoms with Crippen LogP contribution in [-0.4, -0.2) is 6.04 Å². The predicted octanol–water partition coefficient (Wildman–Crippen LogP) is 6.43. The summed E-state index contributed by atoms with van der Waals surface area (Å²) in [5.41, 5.74) is 6.45. The fourth-order valence-corrected chi connectivity index (χ4v) is 5.63. The Bertz CT molecular complexity index is 320. The first kappa shape index (κ1) is 20.7. The molecular weight excluding hydrogens is 278 g/mol. The van der Waals surface area contributed by atoms with Gasteiger partial charge in [0.25, 0.3) is 0 Å². The molecule has 23 heavy (non-hydrogen) atoms. The summed E-state index contributed by atoms with van der Waals surface area (Å²) in [6.07, 6.45) is 12.7. The fraction of sp³-hybridized carbons (Fsp3) is 0.909. The summed E-state index contributed by atoms with van der Waals surface area (Å²) >= 11 is 0. The number of rotatable bonds is 10. The van der Waals surface area contributed by atoms with Crippen molar-refractivity contribution >= 4 is 0 Å². The van der Waals surface area contributed by atoms with E-state index in [4.69, 9.17) is 5.73 Å². The molecule has 1 heteroatoms. The third-order valence-corrected chi connectivity index (χ3v) is 6.67. The van der Waals surface area contributed by atoms with Crippen LogP contribution in [0.25, 0.3) is 0 Å². The van der Waals surface area contributed by atoms with Crippen LogP contribution >= 0.6 is 0 Å². The summed E-state index contributed by atoms with van der Waals surface area (Å²) < 4.78 is 0. The van der Waals surface area contributed by atoms with Crippen molar-refractivity contribution in [2.75, 3.05) is 0 Å². The molecule has 1 aliphatic rings. The summed E-state index contributed by atoms with van der Waals surface area (Å²) in [5.74, 6) is 4.71. The fourth-order valence-electron chi connectivity index (χ4n) is 5.63. The lowest BCUT2D eigenvalue weighted by Crippen LogP contribution is -2.43.